The first-order chi connectivity index (χ1) is 3.92. The normalized spacial score (nSPS) is 12.7. The van der Waals surface area contributed by atoms with Gasteiger partial charge in [0, 0.05) is 10.8 Å². The Morgan fingerprint density at radius 2 is 1.56 bits per heavy atom. The summed E-state index contributed by atoms with van der Waals surface area (Å²) in [6.45, 7) is 0. The van der Waals surface area contributed by atoms with E-state index in [4.69, 9.17) is 0 Å². The van der Waals surface area contributed by atoms with Crippen LogP contribution in [0, 0.1) is 0 Å². The Hall–Kier alpha value is 0.350. The molecule has 0 nitrogen and oxygen atoms in total. The maximum atomic E-state index is 11.0. The Morgan fingerprint density at radius 3 is 1.67 bits per heavy atom. The van der Waals surface area contributed by atoms with Crippen molar-refractivity contribution in [3.63, 3.8) is 0 Å². The fourth-order valence-electron chi connectivity index (χ4n) is 0.0909. The zero-order valence-corrected chi connectivity index (χ0v) is 5.42. The third-order valence-corrected chi connectivity index (χ3v) is 1.94. The van der Waals surface area contributed by atoms with Crippen LogP contribution in [0.1, 0.15) is 0 Å². The minimum atomic E-state index is -4.57. The molecule has 0 bridgehead atoms. The van der Waals surface area contributed by atoms with E-state index in [0.717, 1.165) is 0 Å². The molecule has 0 aliphatic carbocycles. The van der Waals surface area contributed by atoms with Gasteiger partial charge < -0.3 is 0 Å². The van der Waals surface area contributed by atoms with Crippen LogP contribution in [-0.4, -0.2) is 11.3 Å². The first-order valence-electron chi connectivity index (χ1n) is 1.61. The van der Waals surface area contributed by atoms with E-state index in [0.29, 0.717) is 0 Å². The van der Waals surface area contributed by atoms with Crippen molar-refractivity contribution in [2.45, 2.75) is 11.3 Å². The molecule has 0 fully saturated rings. The average Bonchev–Trinajstić information content (AvgIpc) is 1.59. The molecule has 0 aromatic heterocycles. The highest BCUT2D eigenvalue weighted by molar-refractivity contribution is 8.77. The zero-order valence-electron chi connectivity index (χ0n) is 3.78. The monoisotopic (exact) mass is 184 g/mol. The SMILES string of the molecule is FC(F)SSC(F)(F)F. The quantitative estimate of drug-likeness (QED) is 0.477. The van der Waals surface area contributed by atoms with E-state index in [1.165, 1.54) is 0 Å². The van der Waals surface area contributed by atoms with Crippen LogP contribution in [0.3, 0.4) is 0 Å². The van der Waals surface area contributed by atoms with Crippen molar-refractivity contribution >= 4 is 21.6 Å². The van der Waals surface area contributed by atoms with Gasteiger partial charge in [-0.3, -0.25) is 0 Å². The molecule has 0 radical (unpaired) electrons. The molecule has 7 heteroatoms. The average molecular weight is 184 g/mol. The van der Waals surface area contributed by atoms with Crippen molar-refractivity contribution in [3.05, 3.63) is 0 Å². The van der Waals surface area contributed by atoms with Gasteiger partial charge in [-0.05, 0) is 10.8 Å². The zero-order chi connectivity index (χ0) is 7.49. The van der Waals surface area contributed by atoms with Gasteiger partial charge in [0.2, 0.25) is 0 Å². The maximum Gasteiger partial charge on any atom is 0.452 e. The van der Waals surface area contributed by atoms with Crippen molar-refractivity contribution in [2.75, 3.05) is 0 Å². The predicted octanol–water partition coefficient (Wildman–Crippen LogP) is 3.11. The van der Waals surface area contributed by atoms with Crippen molar-refractivity contribution in [2.24, 2.45) is 0 Å². The Bertz CT molecular complexity index is 77.5. The van der Waals surface area contributed by atoms with Crippen LogP contribution in [0.4, 0.5) is 22.0 Å². The van der Waals surface area contributed by atoms with Gasteiger partial charge >= 0.3 is 5.51 Å². The molecule has 0 saturated carbocycles. The van der Waals surface area contributed by atoms with Gasteiger partial charge in [-0.1, -0.05) is 0 Å². The second kappa shape index (κ2) is 3.50. The molecule has 0 rings (SSSR count). The molecule has 0 amide bonds. The second-order valence-corrected chi connectivity index (χ2v) is 3.14. The van der Waals surface area contributed by atoms with Crippen LogP contribution in [0.2, 0.25) is 0 Å². The summed E-state index contributed by atoms with van der Waals surface area (Å²) in [7, 11) is -1.30. The summed E-state index contributed by atoms with van der Waals surface area (Å²) in [6, 6.07) is 0. The Morgan fingerprint density at radius 1 is 1.11 bits per heavy atom. The standard InChI is InChI=1S/C2HF5S2/c3-1(4)8-9-2(5,6)7/h1H. The lowest BCUT2D eigenvalue weighted by Gasteiger charge is -2.01. The third-order valence-electron chi connectivity index (χ3n) is 0.215. The lowest BCUT2D eigenvalue weighted by Crippen LogP contribution is -1.97. The molecule has 0 spiro atoms. The van der Waals surface area contributed by atoms with Crippen molar-refractivity contribution in [1.29, 1.82) is 0 Å². The Kier molecular flexibility index (Phi) is 3.64. The number of halogens is 5. The summed E-state index contributed by atoms with van der Waals surface area (Å²) < 4.78 is 55.1. The highest BCUT2D eigenvalue weighted by Gasteiger charge is 2.30. The minimum absolute atomic E-state index is 0.503. The van der Waals surface area contributed by atoms with Crippen molar-refractivity contribution in [1.82, 2.24) is 0 Å². The molecular weight excluding hydrogens is 183 g/mol. The van der Waals surface area contributed by atoms with Crippen molar-refractivity contribution < 1.29 is 22.0 Å². The van der Waals surface area contributed by atoms with Gasteiger partial charge in [0.15, 0.2) is 0 Å². The fraction of sp³-hybridized carbons (Fsp3) is 1.00. The van der Waals surface area contributed by atoms with E-state index < -0.39 is 32.9 Å². The lowest BCUT2D eigenvalue weighted by atomic mass is 11.6. The second-order valence-electron chi connectivity index (χ2n) is 0.886. The molecule has 0 aliphatic heterocycles. The molecule has 0 saturated heterocycles. The molecule has 0 atom stereocenters. The predicted molar refractivity (Wildman–Crippen MR) is 27.2 cm³/mol. The largest absolute Gasteiger partial charge is 0.452 e. The van der Waals surface area contributed by atoms with Gasteiger partial charge in [-0.15, -0.1) is 0 Å². The van der Waals surface area contributed by atoms with Crippen LogP contribution in [0.25, 0.3) is 0 Å². The molecule has 0 N–H and O–H groups in total. The molecule has 0 heterocycles. The van der Waals surface area contributed by atoms with Crippen LogP contribution < -0.4 is 0 Å². The number of hydrogen-bond acceptors (Lipinski definition) is 2. The van der Waals surface area contributed by atoms with E-state index in [1.54, 1.807) is 0 Å². The summed E-state index contributed by atoms with van der Waals surface area (Å²) >= 11 is 0. The van der Waals surface area contributed by atoms with Gasteiger partial charge in [0.1, 0.15) is 0 Å². The number of hydrogen-bond donors (Lipinski definition) is 0. The third kappa shape index (κ3) is 8.35. The van der Waals surface area contributed by atoms with E-state index in [-0.39, 0.29) is 0 Å². The first-order valence-corrected chi connectivity index (χ1v) is 3.82. The maximum absolute atomic E-state index is 11.0. The topological polar surface area (TPSA) is 0 Å². The van der Waals surface area contributed by atoms with Crippen LogP contribution in [0.15, 0.2) is 0 Å². The number of rotatable bonds is 2. The minimum Gasteiger partial charge on any atom is -0.197 e. The summed E-state index contributed by atoms with van der Waals surface area (Å²) in [4.78, 5) is 0. The lowest BCUT2D eigenvalue weighted by molar-refractivity contribution is -0.0312. The first kappa shape index (κ1) is 9.35. The van der Waals surface area contributed by atoms with Crippen molar-refractivity contribution in [3.8, 4) is 0 Å². The summed E-state index contributed by atoms with van der Waals surface area (Å²) in [5.41, 5.74) is -4.57. The fourth-order valence-corrected chi connectivity index (χ4v) is 0.818. The van der Waals surface area contributed by atoms with E-state index in [2.05, 4.69) is 0 Å². The van der Waals surface area contributed by atoms with Gasteiger partial charge in [0.25, 0.3) is 5.76 Å². The molecule has 0 aliphatic rings. The molecule has 9 heavy (non-hydrogen) atoms. The van der Waals surface area contributed by atoms with Crippen LogP contribution in [0.5, 0.6) is 0 Å². The molecular formula is C2HF5S2. The summed E-state index contributed by atoms with van der Waals surface area (Å²) in [6.07, 6.45) is 0. The van der Waals surface area contributed by atoms with Gasteiger partial charge in [-0.25, -0.2) is 0 Å². The number of alkyl halides is 5. The van der Waals surface area contributed by atoms with E-state index >= 15 is 0 Å². The van der Waals surface area contributed by atoms with Gasteiger partial charge in [-0.2, -0.15) is 22.0 Å². The highest BCUT2D eigenvalue weighted by Crippen LogP contribution is 2.42. The molecule has 0 aromatic carbocycles. The summed E-state index contributed by atoms with van der Waals surface area (Å²) in [5, 5.41) is 0. The smallest absolute Gasteiger partial charge is 0.197 e. The summed E-state index contributed by atoms with van der Waals surface area (Å²) in [5.74, 6) is -2.98. The molecule has 0 unspecified atom stereocenters. The Balaban J connectivity index is 3.28. The van der Waals surface area contributed by atoms with Gasteiger partial charge in [0.05, 0.1) is 0 Å². The van der Waals surface area contributed by atoms with E-state index in [1.807, 2.05) is 0 Å². The molecule has 0 aromatic rings. The highest BCUT2D eigenvalue weighted by atomic mass is 33.1. The van der Waals surface area contributed by atoms with E-state index in [9.17, 15) is 22.0 Å². The molecule has 56 valence electrons. The van der Waals surface area contributed by atoms with Crippen LogP contribution in [-0.2, 0) is 0 Å². The Labute approximate surface area is 55.6 Å². The van der Waals surface area contributed by atoms with Crippen LogP contribution >= 0.6 is 21.6 Å².